The standard InChI is InChI=1S/C25H18ClN3O2/c1-31-22-10-9-15(12-18(22)26)14-28-21-13-20(19-8-4-5-11-27-19)29-24-16-6-2-3-7-17(16)25(30)23(21)24/h2-13H,14H2,1H3,(H,28,29). The number of nitrogens with zero attached hydrogens (tertiary/aromatic N) is 2. The lowest BCUT2D eigenvalue weighted by Gasteiger charge is -2.13. The number of carbonyl (C=O) groups is 1. The summed E-state index contributed by atoms with van der Waals surface area (Å²) in [6, 6.07) is 20.8. The van der Waals surface area contributed by atoms with Gasteiger partial charge < -0.3 is 10.1 Å². The molecule has 0 aliphatic heterocycles. The molecule has 2 heterocycles. The Kier molecular flexibility index (Phi) is 4.88. The van der Waals surface area contributed by atoms with Gasteiger partial charge in [-0.3, -0.25) is 9.78 Å². The van der Waals surface area contributed by atoms with Crippen LogP contribution in [0.3, 0.4) is 0 Å². The fourth-order valence-electron chi connectivity index (χ4n) is 3.79. The summed E-state index contributed by atoms with van der Waals surface area (Å²) in [6.45, 7) is 0.492. The van der Waals surface area contributed by atoms with Crippen molar-refractivity contribution in [2.45, 2.75) is 6.54 Å². The van der Waals surface area contributed by atoms with E-state index in [4.69, 9.17) is 21.3 Å². The summed E-state index contributed by atoms with van der Waals surface area (Å²) in [5.74, 6) is 0.596. The fraction of sp³-hybridized carbons (Fsp3) is 0.0800. The number of halogens is 1. The van der Waals surface area contributed by atoms with Crippen molar-refractivity contribution in [1.82, 2.24) is 9.97 Å². The minimum atomic E-state index is -0.0269. The van der Waals surface area contributed by atoms with Crippen molar-refractivity contribution >= 4 is 23.1 Å². The van der Waals surface area contributed by atoms with Gasteiger partial charge in [-0.25, -0.2) is 4.98 Å². The molecule has 2 aromatic heterocycles. The molecule has 0 bridgehead atoms. The number of fused-ring (bicyclic) bond motifs is 3. The number of rotatable bonds is 5. The first-order chi connectivity index (χ1) is 15.2. The van der Waals surface area contributed by atoms with Gasteiger partial charge in [0.15, 0.2) is 5.78 Å². The Hall–Kier alpha value is -3.70. The predicted molar refractivity (Wildman–Crippen MR) is 122 cm³/mol. The van der Waals surface area contributed by atoms with Crippen LogP contribution in [0.1, 0.15) is 21.5 Å². The van der Waals surface area contributed by atoms with Gasteiger partial charge in [-0.05, 0) is 35.9 Å². The molecule has 0 unspecified atom stereocenters. The van der Waals surface area contributed by atoms with E-state index in [1.807, 2.05) is 66.7 Å². The highest BCUT2D eigenvalue weighted by molar-refractivity contribution is 6.32. The van der Waals surface area contributed by atoms with E-state index >= 15 is 0 Å². The number of ether oxygens (including phenoxy) is 1. The molecule has 1 N–H and O–H groups in total. The van der Waals surface area contributed by atoms with E-state index in [0.717, 1.165) is 22.5 Å². The largest absolute Gasteiger partial charge is 0.495 e. The summed E-state index contributed by atoms with van der Waals surface area (Å²) >= 11 is 6.27. The first kappa shape index (κ1) is 19.3. The molecule has 2 aromatic carbocycles. The zero-order chi connectivity index (χ0) is 21.4. The monoisotopic (exact) mass is 427 g/mol. The molecule has 152 valence electrons. The molecule has 5 nitrogen and oxygen atoms in total. The van der Waals surface area contributed by atoms with Crippen LogP contribution in [0.5, 0.6) is 5.75 Å². The minimum Gasteiger partial charge on any atom is -0.495 e. The van der Waals surface area contributed by atoms with Crippen molar-refractivity contribution in [2.24, 2.45) is 0 Å². The van der Waals surface area contributed by atoms with Crippen LogP contribution >= 0.6 is 11.6 Å². The molecule has 1 aliphatic rings. The molecule has 1 aliphatic carbocycles. The van der Waals surface area contributed by atoms with Gasteiger partial charge in [0.05, 0.1) is 40.5 Å². The predicted octanol–water partition coefficient (Wildman–Crippen LogP) is 5.63. The van der Waals surface area contributed by atoms with Gasteiger partial charge >= 0.3 is 0 Å². The maximum atomic E-state index is 13.2. The smallest absolute Gasteiger partial charge is 0.197 e. The van der Waals surface area contributed by atoms with Crippen molar-refractivity contribution in [3.05, 3.63) is 94.6 Å². The Morgan fingerprint density at radius 3 is 2.52 bits per heavy atom. The maximum Gasteiger partial charge on any atom is 0.197 e. The van der Waals surface area contributed by atoms with Crippen molar-refractivity contribution in [3.8, 4) is 28.4 Å². The van der Waals surface area contributed by atoms with Gasteiger partial charge in [-0.1, -0.05) is 48.0 Å². The molecular weight excluding hydrogens is 410 g/mol. The summed E-state index contributed by atoms with van der Waals surface area (Å²) in [5, 5.41) is 3.95. The molecule has 0 atom stereocenters. The number of benzene rings is 2. The van der Waals surface area contributed by atoms with E-state index in [2.05, 4.69) is 10.3 Å². The molecule has 0 amide bonds. The topological polar surface area (TPSA) is 64.1 Å². The lowest BCUT2D eigenvalue weighted by molar-refractivity contribution is 0.104. The van der Waals surface area contributed by atoms with Gasteiger partial charge in [0.1, 0.15) is 5.75 Å². The normalized spacial score (nSPS) is 11.7. The quantitative estimate of drug-likeness (QED) is 0.394. The second-order valence-electron chi connectivity index (χ2n) is 7.19. The molecule has 0 saturated heterocycles. The fourth-order valence-corrected chi connectivity index (χ4v) is 4.07. The molecule has 5 rings (SSSR count). The number of methoxy groups -OCH3 is 1. The summed E-state index contributed by atoms with van der Waals surface area (Å²) < 4.78 is 5.23. The average Bonchev–Trinajstić information content (AvgIpc) is 3.10. The number of aromatic nitrogens is 2. The number of carbonyl (C=O) groups excluding carboxylic acids is 1. The van der Waals surface area contributed by atoms with Crippen LogP contribution in [-0.2, 0) is 6.54 Å². The lowest BCUT2D eigenvalue weighted by Crippen LogP contribution is -2.07. The first-order valence-corrected chi connectivity index (χ1v) is 10.2. The third-order valence-electron chi connectivity index (χ3n) is 5.30. The highest BCUT2D eigenvalue weighted by Crippen LogP contribution is 2.40. The third-order valence-corrected chi connectivity index (χ3v) is 5.60. The SMILES string of the molecule is COc1ccc(CNc2cc(-c3ccccn3)nc3c2C(=O)c2ccccc2-3)cc1Cl. The van der Waals surface area contributed by atoms with Crippen LogP contribution < -0.4 is 10.1 Å². The van der Waals surface area contributed by atoms with E-state index in [-0.39, 0.29) is 5.78 Å². The summed E-state index contributed by atoms with van der Waals surface area (Å²) in [7, 11) is 1.59. The summed E-state index contributed by atoms with van der Waals surface area (Å²) in [4.78, 5) is 22.4. The number of pyridine rings is 2. The Bertz CT molecular complexity index is 1310. The van der Waals surface area contributed by atoms with Crippen molar-refractivity contribution < 1.29 is 9.53 Å². The van der Waals surface area contributed by atoms with Crippen molar-refractivity contribution in [2.75, 3.05) is 12.4 Å². The number of anilines is 1. The van der Waals surface area contributed by atoms with Crippen molar-refractivity contribution in [3.63, 3.8) is 0 Å². The molecule has 0 saturated carbocycles. The minimum absolute atomic E-state index is 0.0269. The van der Waals surface area contributed by atoms with Gasteiger partial charge in [0, 0.05) is 23.9 Å². The number of nitrogens with one attached hydrogen (secondary N) is 1. The first-order valence-electron chi connectivity index (χ1n) is 9.82. The third kappa shape index (κ3) is 3.43. The Morgan fingerprint density at radius 1 is 0.968 bits per heavy atom. The molecule has 6 heteroatoms. The lowest BCUT2D eigenvalue weighted by atomic mass is 10.1. The van der Waals surface area contributed by atoms with E-state index in [0.29, 0.717) is 39.8 Å². The van der Waals surface area contributed by atoms with Gasteiger partial charge in [0.25, 0.3) is 0 Å². The number of ketones is 1. The second-order valence-corrected chi connectivity index (χ2v) is 7.60. The number of hydrogen-bond donors (Lipinski definition) is 1. The van der Waals surface area contributed by atoms with Crippen LogP contribution in [-0.4, -0.2) is 22.9 Å². The van der Waals surface area contributed by atoms with E-state index in [1.54, 1.807) is 13.3 Å². The van der Waals surface area contributed by atoms with Gasteiger partial charge in [-0.15, -0.1) is 0 Å². The Labute approximate surface area is 184 Å². The van der Waals surface area contributed by atoms with Crippen LogP contribution in [0.15, 0.2) is 72.9 Å². The van der Waals surface area contributed by atoms with Crippen molar-refractivity contribution in [1.29, 1.82) is 0 Å². The highest BCUT2D eigenvalue weighted by atomic mass is 35.5. The molecular formula is C25H18ClN3O2. The van der Waals surface area contributed by atoms with E-state index in [9.17, 15) is 4.79 Å². The van der Waals surface area contributed by atoms with Gasteiger partial charge in [-0.2, -0.15) is 0 Å². The molecule has 0 radical (unpaired) electrons. The maximum absolute atomic E-state index is 13.2. The number of hydrogen-bond acceptors (Lipinski definition) is 5. The molecule has 0 fully saturated rings. The Balaban J connectivity index is 1.58. The van der Waals surface area contributed by atoms with Crippen LogP contribution in [0.2, 0.25) is 5.02 Å². The molecule has 4 aromatic rings. The average molecular weight is 428 g/mol. The van der Waals surface area contributed by atoms with E-state index < -0.39 is 0 Å². The summed E-state index contributed by atoms with van der Waals surface area (Å²) in [5.41, 5.74) is 5.92. The van der Waals surface area contributed by atoms with Crippen LogP contribution in [0.4, 0.5) is 5.69 Å². The zero-order valence-corrected chi connectivity index (χ0v) is 17.5. The highest BCUT2D eigenvalue weighted by Gasteiger charge is 2.31. The van der Waals surface area contributed by atoms with Gasteiger partial charge in [0.2, 0.25) is 0 Å². The zero-order valence-electron chi connectivity index (χ0n) is 16.7. The molecule has 0 spiro atoms. The van der Waals surface area contributed by atoms with Crippen LogP contribution in [0, 0.1) is 0 Å². The van der Waals surface area contributed by atoms with E-state index in [1.165, 1.54) is 0 Å². The molecule has 31 heavy (non-hydrogen) atoms. The Morgan fingerprint density at radius 2 is 1.77 bits per heavy atom. The van der Waals surface area contributed by atoms with Crippen LogP contribution in [0.25, 0.3) is 22.6 Å². The second kappa shape index (κ2) is 7.85. The summed E-state index contributed by atoms with van der Waals surface area (Å²) in [6.07, 6.45) is 1.73.